The highest BCUT2D eigenvalue weighted by Gasteiger charge is 2.30. The highest BCUT2D eigenvalue weighted by atomic mass is 16.1. The molecule has 1 aromatic rings. The van der Waals surface area contributed by atoms with Crippen LogP contribution in [-0.2, 0) is 4.79 Å². The summed E-state index contributed by atoms with van der Waals surface area (Å²) in [5.41, 5.74) is 4.22. The topological polar surface area (TPSA) is 35.6 Å². The molecule has 1 aliphatic heterocycles. The number of carbonyl (C=O) groups excluding carboxylic acids is 1. The number of carbonyl (C=O) groups is 1. The lowest BCUT2D eigenvalue weighted by atomic mass is 9.78. The maximum Gasteiger partial charge on any atom is 0.219 e. The van der Waals surface area contributed by atoms with Gasteiger partial charge >= 0.3 is 0 Å². The van der Waals surface area contributed by atoms with Crippen molar-refractivity contribution in [1.29, 1.82) is 0 Å². The van der Waals surface area contributed by atoms with E-state index in [0.29, 0.717) is 12.5 Å². The average Bonchev–Trinajstić information content (AvgIpc) is 2.59. The smallest absolute Gasteiger partial charge is 0.219 e. The Morgan fingerprint density at radius 3 is 2.56 bits per heavy atom. The van der Waals surface area contributed by atoms with Gasteiger partial charge in [-0.15, -0.1) is 0 Å². The van der Waals surface area contributed by atoms with Crippen LogP contribution in [0.5, 0.6) is 0 Å². The van der Waals surface area contributed by atoms with E-state index in [1.165, 1.54) is 42.6 Å². The number of piperazine rings is 1. The van der Waals surface area contributed by atoms with E-state index in [4.69, 9.17) is 0 Å². The number of nitrogens with one attached hydrogen (secondary N) is 1. The molecule has 1 aliphatic carbocycles. The fourth-order valence-electron chi connectivity index (χ4n) is 4.07. The number of amides is 1. The molecule has 0 radical (unpaired) electrons. The first kappa shape index (κ1) is 18.2. The van der Waals surface area contributed by atoms with Gasteiger partial charge in [-0.3, -0.25) is 9.69 Å². The SMILES string of the molecule is CCC(=O)NC1CC(CCN2CCN(c3cccc(C)c3C)CC2)C1. The molecule has 138 valence electrons. The summed E-state index contributed by atoms with van der Waals surface area (Å²) in [6.45, 7) is 12.1. The summed E-state index contributed by atoms with van der Waals surface area (Å²) < 4.78 is 0. The third-order valence-corrected chi connectivity index (χ3v) is 6.06. The van der Waals surface area contributed by atoms with Gasteiger partial charge in [-0.25, -0.2) is 0 Å². The van der Waals surface area contributed by atoms with E-state index < -0.39 is 0 Å². The summed E-state index contributed by atoms with van der Waals surface area (Å²) in [5.74, 6) is 1.00. The Labute approximate surface area is 152 Å². The van der Waals surface area contributed by atoms with Crippen molar-refractivity contribution < 1.29 is 4.79 Å². The van der Waals surface area contributed by atoms with Gasteiger partial charge in [-0.05, 0) is 62.8 Å². The highest BCUT2D eigenvalue weighted by molar-refractivity contribution is 5.75. The van der Waals surface area contributed by atoms with Gasteiger partial charge in [0.05, 0.1) is 0 Å². The number of hydrogen-bond donors (Lipinski definition) is 1. The van der Waals surface area contributed by atoms with Crippen molar-refractivity contribution in [1.82, 2.24) is 10.2 Å². The van der Waals surface area contributed by atoms with Crippen molar-refractivity contribution in [3.63, 3.8) is 0 Å². The second kappa shape index (κ2) is 8.22. The molecule has 0 atom stereocenters. The Hall–Kier alpha value is -1.55. The lowest BCUT2D eigenvalue weighted by Crippen LogP contribution is -2.48. The fraction of sp³-hybridized carbons (Fsp3) is 0.667. The van der Waals surface area contributed by atoms with Crippen LogP contribution in [0.3, 0.4) is 0 Å². The number of nitrogens with zero attached hydrogens (tertiary/aromatic N) is 2. The fourth-order valence-corrected chi connectivity index (χ4v) is 4.07. The van der Waals surface area contributed by atoms with Crippen molar-refractivity contribution in [2.24, 2.45) is 5.92 Å². The molecule has 1 amide bonds. The van der Waals surface area contributed by atoms with Crippen LogP contribution in [0.4, 0.5) is 5.69 Å². The average molecular weight is 344 g/mol. The van der Waals surface area contributed by atoms with Gasteiger partial charge < -0.3 is 10.2 Å². The summed E-state index contributed by atoms with van der Waals surface area (Å²) in [5, 5.41) is 3.11. The van der Waals surface area contributed by atoms with Gasteiger partial charge in [-0.2, -0.15) is 0 Å². The highest BCUT2D eigenvalue weighted by Crippen LogP contribution is 2.31. The molecule has 2 aliphatic rings. The van der Waals surface area contributed by atoms with Crippen LogP contribution in [0.15, 0.2) is 18.2 Å². The predicted octanol–water partition coefficient (Wildman–Crippen LogP) is 3.12. The van der Waals surface area contributed by atoms with E-state index >= 15 is 0 Å². The molecule has 4 nitrogen and oxygen atoms in total. The molecule has 1 aromatic carbocycles. The molecular formula is C21H33N3O. The lowest BCUT2D eigenvalue weighted by Gasteiger charge is -2.40. The predicted molar refractivity (Wildman–Crippen MR) is 104 cm³/mol. The van der Waals surface area contributed by atoms with Gasteiger partial charge in [0.15, 0.2) is 0 Å². The molecule has 0 spiro atoms. The number of anilines is 1. The molecule has 0 aromatic heterocycles. The van der Waals surface area contributed by atoms with E-state index in [1.807, 2.05) is 6.92 Å². The molecule has 0 bridgehead atoms. The van der Waals surface area contributed by atoms with E-state index in [-0.39, 0.29) is 5.91 Å². The van der Waals surface area contributed by atoms with Gasteiger partial charge in [-0.1, -0.05) is 19.1 Å². The monoisotopic (exact) mass is 343 g/mol. The number of benzene rings is 1. The van der Waals surface area contributed by atoms with E-state index in [1.54, 1.807) is 0 Å². The Kier molecular flexibility index (Phi) is 6.00. The standard InChI is InChI=1S/C21H33N3O/c1-4-21(25)22-19-14-18(15-19)8-9-23-10-12-24(13-11-23)20-7-5-6-16(2)17(20)3/h5-7,18-19H,4,8-15H2,1-3H3,(H,22,25). The van der Waals surface area contributed by atoms with Crippen LogP contribution < -0.4 is 10.2 Å². The summed E-state index contributed by atoms with van der Waals surface area (Å²) in [4.78, 5) is 16.5. The number of hydrogen-bond acceptors (Lipinski definition) is 3. The van der Waals surface area contributed by atoms with E-state index in [9.17, 15) is 4.79 Å². The molecule has 0 unspecified atom stereocenters. The second-order valence-electron chi connectivity index (χ2n) is 7.79. The lowest BCUT2D eigenvalue weighted by molar-refractivity contribution is -0.122. The van der Waals surface area contributed by atoms with Crippen LogP contribution in [0.25, 0.3) is 0 Å². The molecule has 25 heavy (non-hydrogen) atoms. The summed E-state index contributed by atoms with van der Waals surface area (Å²) in [6.07, 6.45) is 4.23. The van der Waals surface area contributed by atoms with Crippen molar-refractivity contribution >= 4 is 11.6 Å². The van der Waals surface area contributed by atoms with Crippen LogP contribution >= 0.6 is 0 Å². The molecule has 3 rings (SSSR count). The van der Waals surface area contributed by atoms with E-state index in [2.05, 4.69) is 47.2 Å². The summed E-state index contributed by atoms with van der Waals surface area (Å²) >= 11 is 0. The molecule has 1 heterocycles. The zero-order valence-electron chi connectivity index (χ0n) is 16.1. The van der Waals surface area contributed by atoms with Gasteiger partial charge in [0.2, 0.25) is 5.91 Å². The first-order valence-electron chi connectivity index (χ1n) is 9.89. The van der Waals surface area contributed by atoms with Crippen LogP contribution in [0.1, 0.15) is 43.7 Å². The molecular weight excluding hydrogens is 310 g/mol. The maximum absolute atomic E-state index is 11.4. The van der Waals surface area contributed by atoms with Crippen LogP contribution in [0.2, 0.25) is 0 Å². The van der Waals surface area contributed by atoms with Gasteiger partial charge in [0.1, 0.15) is 0 Å². The number of aryl methyl sites for hydroxylation is 1. The summed E-state index contributed by atoms with van der Waals surface area (Å²) in [6, 6.07) is 7.08. The Morgan fingerprint density at radius 2 is 1.88 bits per heavy atom. The minimum atomic E-state index is 0.200. The summed E-state index contributed by atoms with van der Waals surface area (Å²) in [7, 11) is 0. The molecule has 1 saturated heterocycles. The van der Waals surface area contributed by atoms with Gasteiger partial charge in [0.25, 0.3) is 0 Å². The maximum atomic E-state index is 11.4. The van der Waals surface area contributed by atoms with Crippen LogP contribution in [0, 0.1) is 19.8 Å². The normalized spacial score (nSPS) is 24.0. The van der Waals surface area contributed by atoms with Crippen molar-refractivity contribution in [3.8, 4) is 0 Å². The molecule has 2 fully saturated rings. The first-order valence-corrected chi connectivity index (χ1v) is 9.89. The van der Waals surface area contributed by atoms with Crippen LogP contribution in [-0.4, -0.2) is 49.6 Å². The quantitative estimate of drug-likeness (QED) is 0.862. The Bertz CT molecular complexity index is 587. The molecule has 1 N–H and O–H groups in total. The Balaban J connectivity index is 1.36. The second-order valence-corrected chi connectivity index (χ2v) is 7.79. The minimum Gasteiger partial charge on any atom is -0.369 e. The number of rotatable bonds is 6. The van der Waals surface area contributed by atoms with Crippen molar-refractivity contribution in [3.05, 3.63) is 29.3 Å². The largest absolute Gasteiger partial charge is 0.369 e. The van der Waals surface area contributed by atoms with Crippen molar-refractivity contribution in [2.75, 3.05) is 37.6 Å². The molecule has 4 heteroatoms. The third kappa shape index (κ3) is 4.55. The third-order valence-electron chi connectivity index (χ3n) is 6.06. The van der Waals surface area contributed by atoms with E-state index in [0.717, 1.165) is 32.1 Å². The minimum absolute atomic E-state index is 0.200. The zero-order valence-corrected chi connectivity index (χ0v) is 16.1. The van der Waals surface area contributed by atoms with Crippen molar-refractivity contribution in [2.45, 2.75) is 52.5 Å². The Morgan fingerprint density at radius 1 is 1.16 bits per heavy atom. The molecule has 1 saturated carbocycles. The zero-order chi connectivity index (χ0) is 17.8. The first-order chi connectivity index (χ1) is 12.1. The van der Waals surface area contributed by atoms with Gasteiger partial charge in [0, 0.05) is 44.3 Å².